The molecule has 0 N–H and O–H groups in total. The maximum Gasteiger partial charge on any atom is 0.137 e. The van der Waals surface area contributed by atoms with Gasteiger partial charge in [-0.2, -0.15) is 0 Å². The normalized spacial score (nSPS) is 11.7. The second-order valence-electron chi connectivity index (χ2n) is 15.3. The van der Waals surface area contributed by atoms with E-state index in [9.17, 15) is 0 Å². The highest BCUT2D eigenvalue weighted by molar-refractivity contribution is 7.25. The summed E-state index contributed by atoms with van der Waals surface area (Å²) < 4.78 is 9.13. The summed E-state index contributed by atoms with van der Waals surface area (Å²) in [6, 6.07) is 78.7. The predicted octanol–water partition coefficient (Wildman–Crippen LogP) is 16.9. The van der Waals surface area contributed by atoms with Crippen LogP contribution in [0.4, 0.5) is 34.1 Å². The zero-order valence-corrected chi connectivity index (χ0v) is 33.3. The molecule has 2 aromatic heterocycles. The predicted molar refractivity (Wildman–Crippen MR) is 256 cm³/mol. The third-order valence-electron chi connectivity index (χ3n) is 11.8. The third-order valence-corrected chi connectivity index (χ3v) is 12.9. The number of anilines is 6. The van der Waals surface area contributed by atoms with Crippen LogP contribution in [0.15, 0.2) is 223 Å². The zero-order chi connectivity index (χ0) is 39.6. The summed E-state index contributed by atoms with van der Waals surface area (Å²) in [7, 11) is 0. The van der Waals surface area contributed by atoms with E-state index in [0.29, 0.717) is 0 Å². The van der Waals surface area contributed by atoms with Gasteiger partial charge < -0.3 is 14.2 Å². The fraction of sp³-hybridized carbons (Fsp3) is 0. The molecule has 282 valence electrons. The molecule has 0 spiro atoms. The summed E-state index contributed by atoms with van der Waals surface area (Å²) in [6.07, 6.45) is 0. The van der Waals surface area contributed by atoms with E-state index in [2.05, 4.69) is 222 Å². The first-order chi connectivity index (χ1) is 29.7. The Kier molecular flexibility index (Phi) is 8.03. The van der Waals surface area contributed by atoms with E-state index < -0.39 is 0 Å². The summed E-state index contributed by atoms with van der Waals surface area (Å²) >= 11 is 1.87. The van der Waals surface area contributed by atoms with E-state index >= 15 is 0 Å². The van der Waals surface area contributed by atoms with Crippen LogP contribution < -0.4 is 9.80 Å². The molecule has 0 bridgehead atoms. The minimum Gasteiger partial charge on any atom is -0.456 e. The Bertz CT molecular complexity index is 3550. The quantitative estimate of drug-likeness (QED) is 0.150. The van der Waals surface area contributed by atoms with Crippen molar-refractivity contribution >= 4 is 109 Å². The molecule has 12 aromatic rings. The SMILES string of the molecule is c1ccc(-c2ccc(N(c3ccccc3)c3cccc(N(c4ccc5ccc6cc7sc8ccccc8c7cc6c5c4)c4cccc5oc6ccccc6c45)c3)cc2)cc1. The number of hydrogen-bond donors (Lipinski definition) is 0. The second-order valence-corrected chi connectivity index (χ2v) is 16.4. The van der Waals surface area contributed by atoms with Gasteiger partial charge in [0, 0.05) is 54.0 Å². The minimum absolute atomic E-state index is 0.859. The first-order valence-electron chi connectivity index (χ1n) is 20.3. The highest BCUT2D eigenvalue weighted by Gasteiger charge is 2.22. The Hall–Kier alpha value is -7.66. The molecule has 0 fully saturated rings. The number of rotatable bonds is 7. The van der Waals surface area contributed by atoms with Crippen molar-refractivity contribution in [3.8, 4) is 11.1 Å². The van der Waals surface area contributed by atoms with E-state index in [1.807, 2.05) is 17.4 Å². The Labute approximate surface area is 351 Å². The Morgan fingerprint density at radius 1 is 0.317 bits per heavy atom. The van der Waals surface area contributed by atoms with Gasteiger partial charge in [-0.25, -0.2) is 0 Å². The zero-order valence-electron chi connectivity index (χ0n) is 32.5. The van der Waals surface area contributed by atoms with Crippen molar-refractivity contribution in [2.75, 3.05) is 9.80 Å². The Morgan fingerprint density at radius 3 is 1.75 bits per heavy atom. The summed E-state index contributed by atoms with van der Waals surface area (Å²) in [6.45, 7) is 0. The first-order valence-corrected chi connectivity index (χ1v) is 21.1. The molecule has 0 saturated heterocycles. The van der Waals surface area contributed by atoms with Crippen molar-refractivity contribution in [2.24, 2.45) is 0 Å². The highest BCUT2D eigenvalue weighted by Crippen LogP contribution is 2.46. The van der Waals surface area contributed by atoms with Crippen molar-refractivity contribution in [3.63, 3.8) is 0 Å². The number of fused-ring (bicyclic) bond motifs is 9. The standard InChI is InChI=1S/C56H36N2OS/c1-3-13-37(14-4-1)38-27-30-42(31-28-38)57(41-15-5-2-6-16-41)43-17-11-18-44(34-43)58(51-21-12-23-53-56(51)47-20-7-9-22-52(47)59-53)45-32-29-39-25-26-40-33-55-50(36-49(40)48(39)35-45)46-19-8-10-24-54(46)60-55/h1-36H. The minimum atomic E-state index is 0.859. The largest absolute Gasteiger partial charge is 0.456 e. The molecule has 10 aromatic carbocycles. The number of furan rings is 1. The maximum atomic E-state index is 6.50. The molecule has 0 aliphatic rings. The van der Waals surface area contributed by atoms with Crippen LogP contribution in [0.5, 0.6) is 0 Å². The van der Waals surface area contributed by atoms with Gasteiger partial charge in [-0.05, 0) is 124 Å². The molecule has 60 heavy (non-hydrogen) atoms. The number of hydrogen-bond acceptors (Lipinski definition) is 4. The average Bonchev–Trinajstić information content (AvgIpc) is 3.88. The van der Waals surface area contributed by atoms with E-state index in [1.54, 1.807) is 0 Å². The third kappa shape index (κ3) is 5.72. The fourth-order valence-corrected chi connectivity index (χ4v) is 10.1. The lowest BCUT2D eigenvalue weighted by Crippen LogP contribution is -2.13. The molecule has 0 atom stereocenters. The van der Waals surface area contributed by atoms with Crippen LogP contribution in [0.2, 0.25) is 0 Å². The molecule has 3 nitrogen and oxygen atoms in total. The van der Waals surface area contributed by atoms with E-state index in [4.69, 9.17) is 4.42 Å². The summed E-state index contributed by atoms with van der Waals surface area (Å²) in [5, 5.41) is 9.70. The van der Waals surface area contributed by atoms with Crippen molar-refractivity contribution in [1.82, 2.24) is 0 Å². The number of thiophene rings is 1. The maximum absolute atomic E-state index is 6.50. The summed E-state index contributed by atoms with van der Waals surface area (Å²) in [4.78, 5) is 4.75. The molecular formula is C56H36N2OS. The summed E-state index contributed by atoms with van der Waals surface area (Å²) in [5.74, 6) is 0. The molecule has 0 unspecified atom stereocenters. The van der Waals surface area contributed by atoms with Crippen LogP contribution in [0.3, 0.4) is 0 Å². The molecule has 0 aliphatic heterocycles. The number of para-hydroxylation sites is 2. The molecular weight excluding hydrogens is 749 g/mol. The van der Waals surface area contributed by atoms with Gasteiger partial charge in [0.15, 0.2) is 0 Å². The lowest BCUT2D eigenvalue weighted by Gasteiger charge is -2.30. The molecule has 2 heterocycles. The van der Waals surface area contributed by atoms with E-state index in [-0.39, 0.29) is 0 Å². The number of benzene rings is 10. The Morgan fingerprint density at radius 2 is 0.900 bits per heavy atom. The highest BCUT2D eigenvalue weighted by atomic mass is 32.1. The van der Waals surface area contributed by atoms with Crippen LogP contribution in [0.25, 0.3) is 74.8 Å². The topological polar surface area (TPSA) is 19.6 Å². The van der Waals surface area contributed by atoms with Crippen molar-refractivity contribution in [3.05, 3.63) is 218 Å². The van der Waals surface area contributed by atoms with Crippen LogP contribution in [0, 0.1) is 0 Å². The van der Waals surface area contributed by atoms with Crippen molar-refractivity contribution in [2.45, 2.75) is 0 Å². The molecule has 0 saturated carbocycles. The van der Waals surface area contributed by atoms with Gasteiger partial charge in [0.25, 0.3) is 0 Å². The van der Waals surface area contributed by atoms with Crippen molar-refractivity contribution < 1.29 is 4.42 Å². The van der Waals surface area contributed by atoms with E-state index in [1.165, 1.54) is 52.8 Å². The van der Waals surface area contributed by atoms with Crippen LogP contribution in [-0.2, 0) is 0 Å². The average molecular weight is 785 g/mol. The van der Waals surface area contributed by atoms with Crippen LogP contribution in [0.1, 0.15) is 0 Å². The molecule has 0 aliphatic carbocycles. The summed E-state index contributed by atoms with van der Waals surface area (Å²) in [5.41, 5.74) is 10.5. The monoisotopic (exact) mass is 784 g/mol. The fourth-order valence-electron chi connectivity index (χ4n) is 9.00. The molecule has 12 rings (SSSR count). The van der Waals surface area contributed by atoms with Crippen LogP contribution in [-0.4, -0.2) is 0 Å². The van der Waals surface area contributed by atoms with Gasteiger partial charge in [-0.3, -0.25) is 0 Å². The van der Waals surface area contributed by atoms with Gasteiger partial charge in [0.2, 0.25) is 0 Å². The first kappa shape index (κ1) is 34.4. The second kappa shape index (κ2) is 14.0. The molecule has 4 heteroatoms. The van der Waals surface area contributed by atoms with Gasteiger partial charge in [0.1, 0.15) is 11.2 Å². The van der Waals surface area contributed by atoms with Gasteiger partial charge in [-0.15, -0.1) is 11.3 Å². The Balaban J connectivity index is 1.08. The van der Waals surface area contributed by atoms with Gasteiger partial charge >= 0.3 is 0 Å². The smallest absolute Gasteiger partial charge is 0.137 e. The lowest BCUT2D eigenvalue weighted by molar-refractivity contribution is 0.669. The lowest BCUT2D eigenvalue weighted by atomic mass is 9.98. The van der Waals surface area contributed by atoms with E-state index in [0.717, 1.165) is 56.1 Å². The molecule has 0 radical (unpaired) electrons. The van der Waals surface area contributed by atoms with Crippen molar-refractivity contribution in [1.29, 1.82) is 0 Å². The number of nitrogens with zero attached hydrogens (tertiary/aromatic N) is 2. The van der Waals surface area contributed by atoms with Gasteiger partial charge in [-0.1, -0.05) is 127 Å². The molecule has 0 amide bonds. The van der Waals surface area contributed by atoms with Crippen LogP contribution >= 0.6 is 11.3 Å². The van der Waals surface area contributed by atoms with Gasteiger partial charge in [0.05, 0.1) is 11.1 Å².